The molecule has 1 aliphatic carbocycles. The number of hydrogen-bond donors (Lipinski definition) is 1. The van der Waals surface area contributed by atoms with Crippen molar-refractivity contribution in [3.8, 4) is 11.4 Å². The third kappa shape index (κ3) is 2.36. The van der Waals surface area contributed by atoms with Crippen molar-refractivity contribution in [2.24, 2.45) is 5.41 Å². The average molecular weight is 322 g/mol. The minimum absolute atomic E-state index is 0.400. The molecule has 5 nitrogen and oxygen atoms in total. The number of halogens is 1. The largest absolute Gasteiger partial charge is 0.399 e. The van der Waals surface area contributed by atoms with E-state index in [0.29, 0.717) is 11.1 Å². The maximum absolute atomic E-state index is 5.85. The first-order valence-electron chi connectivity index (χ1n) is 6.45. The molecule has 1 fully saturated rings. The van der Waals surface area contributed by atoms with Crippen LogP contribution < -0.4 is 5.73 Å². The highest BCUT2D eigenvalue weighted by Crippen LogP contribution is 2.50. The number of rotatable bonds is 4. The van der Waals surface area contributed by atoms with E-state index in [4.69, 9.17) is 5.73 Å². The first kappa shape index (κ1) is 12.6. The van der Waals surface area contributed by atoms with Gasteiger partial charge in [-0.1, -0.05) is 22.9 Å². The van der Waals surface area contributed by atoms with E-state index >= 15 is 0 Å². The fraction of sp³-hybridized carbons (Fsp3) is 0.462. The van der Waals surface area contributed by atoms with Crippen LogP contribution >= 0.6 is 15.9 Å². The van der Waals surface area contributed by atoms with Crippen molar-refractivity contribution in [1.29, 1.82) is 0 Å². The molecule has 2 aromatic rings. The van der Waals surface area contributed by atoms with Crippen molar-refractivity contribution in [3.05, 3.63) is 22.7 Å². The number of tetrazole rings is 1. The van der Waals surface area contributed by atoms with Crippen molar-refractivity contribution in [3.63, 3.8) is 0 Å². The number of nitrogens with zero attached hydrogens (tertiary/aromatic N) is 4. The summed E-state index contributed by atoms with van der Waals surface area (Å²) in [5.41, 5.74) is 7.90. The zero-order valence-corrected chi connectivity index (χ0v) is 12.4. The third-order valence-electron chi connectivity index (χ3n) is 3.96. The number of nitrogens with two attached hydrogens (primary N) is 1. The van der Waals surface area contributed by atoms with Crippen molar-refractivity contribution in [1.82, 2.24) is 20.2 Å². The molecule has 1 aliphatic rings. The highest BCUT2D eigenvalue weighted by Gasteiger charge is 2.41. The van der Waals surface area contributed by atoms with Crippen molar-refractivity contribution in [2.45, 2.75) is 32.7 Å². The number of nitrogen functional groups attached to an aromatic ring is 1. The first-order valence-corrected chi connectivity index (χ1v) is 7.24. The Bertz CT molecular complexity index is 603. The van der Waals surface area contributed by atoms with Gasteiger partial charge in [-0.3, -0.25) is 0 Å². The molecular weight excluding hydrogens is 306 g/mol. The molecule has 1 saturated carbocycles. The van der Waals surface area contributed by atoms with Crippen LogP contribution in [0.3, 0.4) is 0 Å². The quantitative estimate of drug-likeness (QED) is 0.879. The minimum Gasteiger partial charge on any atom is -0.399 e. The molecule has 0 saturated heterocycles. The Labute approximate surface area is 120 Å². The van der Waals surface area contributed by atoms with Gasteiger partial charge in [0.2, 0.25) is 0 Å². The average Bonchev–Trinajstić information content (AvgIpc) is 3.03. The second-order valence-electron chi connectivity index (χ2n) is 5.25. The Kier molecular flexibility index (Phi) is 3.05. The molecule has 1 aromatic carbocycles. The second-order valence-corrected chi connectivity index (χ2v) is 6.11. The van der Waals surface area contributed by atoms with Crippen LogP contribution in [-0.2, 0) is 6.54 Å². The van der Waals surface area contributed by atoms with Crippen molar-refractivity contribution in [2.75, 3.05) is 5.73 Å². The lowest BCUT2D eigenvalue weighted by Crippen LogP contribution is -2.13. The second kappa shape index (κ2) is 4.59. The molecule has 0 aliphatic heterocycles. The molecule has 0 unspecified atom stereocenters. The Balaban J connectivity index is 1.97. The van der Waals surface area contributed by atoms with E-state index in [1.807, 2.05) is 22.9 Å². The van der Waals surface area contributed by atoms with E-state index < -0.39 is 0 Å². The predicted molar refractivity (Wildman–Crippen MR) is 77.3 cm³/mol. The van der Waals surface area contributed by atoms with Gasteiger partial charge in [-0.15, -0.1) is 5.10 Å². The fourth-order valence-electron chi connectivity index (χ4n) is 2.34. The van der Waals surface area contributed by atoms with Crippen molar-refractivity contribution < 1.29 is 0 Å². The topological polar surface area (TPSA) is 69.6 Å². The van der Waals surface area contributed by atoms with Gasteiger partial charge >= 0.3 is 0 Å². The van der Waals surface area contributed by atoms with Crippen LogP contribution in [-0.4, -0.2) is 20.2 Å². The molecule has 1 heterocycles. The van der Waals surface area contributed by atoms with Crippen LogP contribution in [0.1, 0.15) is 26.2 Å². The van der Waals surface area contributed by atoms with Crippen LogP contribution in [0.2, 0.25) is 0 Å². The molecule has 0 spiro atoms. The molecule has 100 valence electrons. The first-order chi connectivity index (χ1) is 9.13. The van der Waals surface area contributed by atoms with Crippen LogP contribution in [0.15, 0.2) is 22.7 Å². The van der Waals surface area contributed by atoms with Gasteiger partial charge in [0.1, 0.15) is 0 Å². The van der Waals surface area contributed by atoms with E-state index in [1.165, 1.54) is 19.3 Å². The van der Waals surface area contributed by atoms with Crippen LogP contribution in [0.4, 0.5) is 5.69 Å². The summed E-state index contributed by atoms with van der Waals surface area (Å²) in [4.78, 5) is 0. The molecule has 0 amide bonds. The van der Waals surface area contributed by atoms with E-state index in [0.717, 1.165) is 22.4 Å². The summed E-state index contributed by atoms with van der Waals surface area (Å²) in [6, 6.07) is 5.68. The van der Waals surface area contributed by atoms with Crippen LogP contribution in [0, 0.1) is 5.41 Å². The summed E-state index contributed by atoms with van der Waals surface area (Å²) in [5, 5.41) is 12.1. The van der Waals surface area contributed by atoms with E-state index in [-0.39, 0.29) is 0 Å². The number of benzene rings is 1. The Morgan fingerprint density at radius 2 is 2.21 bits per heavy atom. The molecule has 0 bridgehead atoms. The van der Waals surface area contributed by atoms with Crippen LogP contribution in [0.25, 0.3) is 11.4 Å². The van der Waals surface area contributed by atoms with Crippen LogP contribution in [0.5, 0.6) is 0 Å². The normalized spacial score (nSPS) is 16.5. The molecule has 19 heavy (non-hydrogen) atoms. The van der Waals surface area contributed by atoms with E-state index in [1.54, 1.807) is 0 Å². The smallest absolute Gasteiger partial charge is 0.183 e. The van der Waals surface area contributed by atoms with Gasteiger partial charge in [0, 0.05) is 15.7 Å². The number of aromatic nitrogens is 4. The lowest BCUT2D eigenvalue weighted by molar-refractivity contribution is 0.382. The lowest BCUT2D eigenvalue weighted by Gasteiger charge is -2.13. The molecule has 0 atom stereocenters. The third-order valence-corrected chi connectivity index (χ3v) is 4.65. The van der Waals surface area contributed by atoms with Gasteiger partial charge < -0.3 is 5.73 Å². The molecule has 2 N–H and O–H groups in total. The van der Waals surface area contributed by atoms with Gasteiger partial charge in [-0.05, 0) is 53.3 Å². The summed E-state index contributed by atoms with van der Waals surface area (Å²) >= 11 is 3.53. The monoisotopic (exact) mass is 321 g/mol. The lowest BCUT2D eigenvalue weighted by atomic mass is 10.0. The van der Waals surface area contributed by atoms with Gasteiger partial charge in [-0.25, -0.2) is 4.68 Å². The molecule has 3 rings (SSSR count). The Hall–Kier alpha value is -1.43. The van der Waals surface area contributed by atoms with Gasteiger partial charge in [0.15, 0.2) is 5.82 Å². The summed E-state index contributed by atoms with van der Waals surface area (Å²) in [7, 11) is 0. The SMILES string of the molecule is CCC1(Cn2nnnc2-c2cc(N)ccc2Br)CC1. The van der Waals surface area contributed by atoms with Gasteiger partial charge in [0.05, 0.1) is 6.54 Å². The maximum Gasteiger partial charge on any atom is 0.183 e. The summed E-state index contributed by atoms with van der Waals surface area (Å²) < 4.78 is 2.86. The molecule has 6 heteroatoms. The zero-order valence-electron chi connectivity index (χ0n) is 10.8. The Morgan fingerprint density at radius 3 is 2.89 bits per heavy atom. The van der Waals surface area contributed by atoms with Crippen molar-refractivity contribution >= 4 is 21.6 Å². The van der Waals surface area contributed by atoms with E-state index in [2.05, 4.69) is 38.4 Å². The molecule has 0 radical (unpaired) electrons. The minimum atomic E-state index is 0.400. The zero-order chi connectivity index (χ0) is 13.5. The molecule has 1 aromatic heterocycles. The number of hydrogen-bond acceptors (Lipinski definition) is 4. The van der Waals surface area contributed by atoms with Gasteiger partial charge in [0.25, 0.3) is 0 Å². The highest BCUT2D eigenvalue weighted by molar-refractivity contribution is 9.10. The Morgan fingerprint density at radius 1 is 1.42 bits per heavy atom. The summed E-state index contributed by atoms with van der Waals surface area (Å²) in [5.74, 6) is 0.777. The summed E-state index contributed by atoms with van der Waals surface area (Å²) in [6.07, 6.45) is 3.70. The standard InChI is InChI=1S/C13H16BrN5/c1-2-13(5-6-13)8-19-12(16-17-18-19)10-7-9(15)3-4-11(10)14/h3-4,7H,2,5-6,8,15H2,1H3. The summed E-state index contributed by atoms with van der Waals surface area (Å²) in [6.45, 7) is 3.11. The predicted octanol–water partition coefficient (Wildman–Crippen LogP) is 2.88. The van der Waals surface area contributed by atoms with E-state index in [9.17, 15) is 0 Å². The number of anilines is 1. The highest BCUT2D eigenvalue weighted by atomic mass is 79.9. The van der Waals surface area contributed by atoms with Gasteiger partial charge in [-0.2, -0.15) is 0 Å². The molecular formula is C13H16BrN5. The maximum atomic E-state index is 5.85. The fourth-order valence-corrected chi connectivity index (χ4v) is 2.76.